The molecule has 0 aliphatic carbocycles. The molecule has 1 aliphatic rings. The first-order chi connectivity index (χ1) is 10.8. The van der Waals surface area contributed by atoms with Crippen LogP contribution in [0.15, 0.2) is 24.3 Å². The number of amides is 1. The van der Waals surface area contributed by atoms with E-state index in [1.807, 2.05) is 0 Å². The molecular weight excluding hydrogens is 345 g/mol. The smallest absolute Gasteiger partial charge is 0.406 e. The lowest BCUT2D eigenvalue weighted by Gasteiger charge is -2.30. The normalized spacial score (nSPS) is 20.8. The van der Waals surface area contributed by atoms with Gasteiger partial charge in [0.25, 0.3) is 0 Å². The minimum absolute atomic E-state index is 0. The molecule has 0 spiro atoms. The highest BCUT2D eigenvalue weighted by Crippen LogP contribution is 2.27. The molecule has 1 saturated heterocycles. The van der Waals surface area contributed by atoms with E-state index in [0.717, 1.165) is 19.5 Å². The van der Waals surface area contributed by atoms with E-state index >= 15 is 0 Å². The molecule has 2 unspecified atom stereocenters. The molecule has 0 saturated carbocycles. The van der Waals surface area contributed by atoms with Crippen molar-refractivity contribution in [2.75, 3.05) is 13.1 Å². The van der Waals surface area contributed by atoms with Gasteiger partial charge in [0, 0.05) is 12.5 Å². The largest absolute Gasteiger partial charge is 0.573 e. The molecule has 2 atom stereocenters. The van der Waals surface area contributed by atoms with E-state index in [2.05, 4.69) is 22.3 Å². The van der Waals surface area contributed by atoms with Crippen molar-refractivity contribution in [3.63, 3.8) is 0 Å². The van der Waals surface area contributed by atoms with Crippen LogP contribution in [-0.4, -0.2) is 31.4 Å². The molecule has 24 heavy (non-hydrogen) atoms. The van der Waals surface area contributed by atoms with Crippen molar-refractivity contribution >= 4 is 18.3 Å². The Kier molecular flexibility index (Phi) is 7.83. The summed E-state index contributed by atoms with van der Waals surface area (Å²) in [7, 11) is 0. The van der Waals surface area contributed by atoms with Crippen LogP contribution in [0.1, 0.15) is 25.3 Å². The van der Waals surface area contributed by atoms with Crippen LogP contribution < -0.4 is 15.4 Å². The second-order valence-electron chi connectivity index (χ2n) is 5.80. The van der Waals surface area contributed by atoms with Crippen LogP contribution in [0.4, 0.5) is 13.2 Å². The molecule has 8 heteroatoms. The predicted molar refractivity (Wildman–Crippen MR) is 87.3 cm³/mol. The molecule has 136 valence electrons. The summed E-state index contributed by atoms with van der Waals surface area (Å²) in [5.74, 6) is -0.0536. The highest BCUT2D eigenvalue weighted by Gasteiger charge is 2.32. The number of para-hydroxylation sites is 1. The molecule has 0 bridgehead atoms. The lowest BCUT2D eigenvalue weighted by atomic mass is 9.95. The van der Waals surface area contributed by atoms with Crippen molar-refractivity contribution < 1.29 is 22.7 Å². The monoisotopic (exact) mass is 366 g/mol. The third-order valence-electron chi connectivity index (χ3n) is 3.95. The van der Waals surface area contributed by atoms with E-state index in [9.17, 15) is 18.0 Å². The molecule has 1 fully saturated rings. The molecule has 0 radical (unpaired) electrons. The van der Waals surface area contributed by atoms with Gasteiger partial charge in [0.05, 0.1) is 0 Å². The van der Waals surface area contributed by atoms with Crippen LogP contribution >= 0.6 is 12.4 Å². The summed E-state index contributed by atoms with van der Waals surface area (Å²) >= 11 is 0. The van der Waals surface area contributed by atoms with Gasteiger partial charge in [-0.25, -0.2) is 0 Å². The molecule has 2 rings (SSSR count). The van der Waals surface area contributed by atoms with Crippen molar-refractivity contribution in [2.24, 2.45) is 5.92 Å². The summed E-state index contributed by atoms with van der Waals surface area (Å²) in [6.45, 7) is 3.77. The molecule has 1 aromatic rings. The lowest BCUT2D eigenvalue weighted by Crippen LogP contribution is -2.48. The zero-order valence-corrected chi connectivity index (χ0v) is 14.2. The zero-order chi connectivity index (χ0) is 16.9. The van der Waals surface area contributed by atoms with E-state index in [1.165, 1.54) is 12.1 Å². The fourth-order valence-corrected chi connectivity index (χ4v) is 2.69. The van der Waals surface area contributed by atoms with E-state index in [-0.39, 0.29) is 42.9 Å². The number of halogens is 4. The van der Waals surface area contributed by atoms with Crippen molar-refractivity contribution in [3.05, 3.63) is 29.8 Å². The third-order valence-corrected chi connectivity index (χ3v) is 3.95. The van der Waals surface area contributed by atoms with Crippen molar-refractivity contribution in [1.29, 1.82) is 0 Å². The molecule has 0 aromatic heterocycles. The third kappa shape index (κ3) is 6.57. The number of hydrogen-bond acceptors (Lipinski definition) is 3. The summed E-state index contributed by atoms with van der Waals surface area (Å²) in [5, 5.41) is 6.22. The fourth-order valence-electron chi connectivity index (χ4n) is 2.69. The molecular formula is C16H22ClF3N2O2. The standard InChI is InChI=1S/C16H21F3N2O2.ClH/c1-11-10-20-9-8-13(11)21-15(22)7-6-12-4-2-3-5-14(12)23-16(17,18)19;/h2-5,11,13,20H,6-10H2,1H3,(H,21,22);1H. The average Bonchev–Trinajstić information content (AvgIpc) is 2.47. The van der Waals surface area contributed by atoms with E-state index in [0.29, 0.717) is 11.5 Å². The maximum atomic E-state index is 12.4. The van der Waals surface area contributed by atoms with Gasteiger partial charge in [-0.1, -0.05) is 25.1 Å². The first kappa shape index (κ1) is 20.6. The van der Waals surface area contributed by atoms with Crippen molar-refractivity contribution in [3.8, 4) is 5.75 Å². The molecule has 1 aliphatic heterocycles. The highest BCUT2D eigenvalue weighted by atomic mass is 35.5. The topological polar surface area (TPSA) is 50.4 Å². The quantitative estimate of drug-likeness (QED) is 0.842. The number of aryl methyl sites for hydroxylation is 1. The van der Waals surface area contributed by atoms with Gasteiger partial charge in [0.1, 0.15) is 5.75 Å². The maximum Gasteiger partial charge on any atom is 0.573 e. The van der Waals surface area contributed by atoms with Crippen LogP contribution in [0.3, 0.4) is 0 Å². The number of rotatable bonds is 5. The Labute approximate surface area is 145 Å². The Morgan fingerprint density at radius 3 is 2.75 bits per heavy atom. The Balaban J connectivity index is 0.00000288. The molecule has 1 amide bonds. The zero-order valence-electron chi connectivity index (χ0n) is 13.4. The lowest BCUT2D eigenvalue weighted by molar-refractivity contribution is -0.274. The molecule has 4 nitrogen and oxygen atoms in total. The first-order valence-electron chi connectivity index (χ1n) is 7.69. The average molecular weight is 367 g/mol. The van der Waals surface area contributed by atoms with Gasteiger partial charge in [-0.2, -0.15) is 0 Å². The number of carbonyl (C=O) groups is 1. The number of ether oxygens (including phenoxy) is 1. The van der Waals surface area contributed by atoms with E-state index in [4.69, 9.17) is 0 Å². The maximum absolute atomic E-state index is 12.4. The fraction of sp³-hybridized carbons (Fsp3) is 0.562. The van der Waals surface area contributed by atoms with Gasteiger partial charge < -0.3 is 15.4 Å². The van der Waals surface area contributed by atoms with Crippen LogP contribution in [0.2, 0.25) is 0 Å². The van der Waals surface area contributed by atoms with Gasteiger partial charge in [0.15, 0.2) is 0 Å². The number of piperidine rings is 1. The summed E-state index contributed by atoms with van der Waals surface area (Å²) in [6.07, 6.45) is -3.53. The highest BCUT2D eigenvalue weighted by molar-refractivity contribution is 5.85. The number of nitrogens with one attached hydrogen (secondary N) is 2. The van der Waals surface area contributed by atoms with Crippen molar-refractivity contribution in [1.82, 2.24) is 10.6 Å². The second-order valence-corrected chi connectivity index (χ2v) is 5.80. The van der Waals surface area contributed by atoms with Crippen LogP contribution in [-0.2, 0) is 11.2 Å². The van der Waals surface area contributed by atoms with Crippen LogP contribution in [0, 0.1) is 5.92 Å². The second kappa shape index (κ2) is 9.13. The predicted octanol–water partition coefficient (Wildman–Crippen LogP) is 3.05. The summed E-state index contributed by atoms with van der Waals surface area (Å²) in [6, 6.07) is 6.02. The summed E-state index contributed by atoms with van der Waals surface area (Å²) in [4.78, 5) is 12.0. The van der Waals surface area contributed by atoms with E-state index in [1.54, 1.807) is 12.1 Å². The van der Waals surface area contributed by atoms with E-state index < -0.39 is 6.36 Å². The number of alkyl halides is 3. The van der Waals surface area contributed by atoms with Gasteiger partial charge in [-0.3, -0.25) is 4.79 Å². The summed E-state index contributed by atoms with van der Waals surface area (Å²) < 4.78 is 41.1. The number of carbonyl (C=O) groups excluding carboxylic acids is 1. The molecule has 2 N–H and O–H groups in total. The number of benzene rings is 1. The Hall–Kier alpha value is -1.47. The Morgan fingerprint density at radius 2 is 2.08 bits per heavy atom. The van der Waals surface area contributed by atoms with Gasteiger partial charge >= 0.3 is 6.36 Å². The SMILES string of the molecule is CC1CNCCC1NC(=O)CCc1ccccc1OC(F)(F)F.Cl. The number of hydrogen-bond donors (Lipinski definition) is 2. The van der Waals surface area contributed by atoms with Gasteiger partial charge in [-0.15, -0.1) is 25.6 Å². The van der Waals surface area contributed by atoms with Crippen LogP contribution in [0.5, 0.6) is 5.75 Å². The molecule has 1 heterocycles. The van der Waals surface area contributed by atoms with Gasteiger partial charge in [-0.05, 0) is 43.5 Å². The first-order valence-corrected chi connectivity index (χ1v) is 7.69. The molecule has 1 aromatic carbocycles. The summed E-state index contributed by atoms with van der Waals surface area (Å²) in [5.41, 5.74) is 0.373. The minimum atomic E-state index is -4.73. The van der Waals surface area contributed by atoms with Crippen molar-refractivity contribution in [2.45, 2.75) is 38.6 Å². The Bertz CT molecular complexity index is 540. The van der Waals surface area contributed by atoms with Crippen LogP contribution in [0.25, 0.3) is 0 Å². The minimum Gasteiger partial charge on any atom is -0.406 e. The Morgan fingerprint density at radius 1 is 1.38 bits per heavy atom. The van der Waals surface area contributed by atoms with Gasteiger partial charge in [0.2, 0.25) is 5.91 Å².